The van der Waals surface area contributed by atoms with Gasteiger partial charge in [-0.25, -0.2) is 0 Å². The summed E-state index contributed by atoms with van der Waals surface area (Å²) in [4.78, 5) is 11.2. The van der Waals surface area contributed by atoms with E-state index in [4.69, 9.17) is 0 Å². The molecule has 0 bridgehead atoms. The highest BCUT2D eigenvalue weighted by Crippen LogP contribution is 2.16. The second-order valence-corrected chi connectivity index (χ2v) is 5.02. The predicted molar refractivity (Wildman–Crippen MR) is 71.7 cm³/mol. The number of halogens is 1. The Morgan fingerprint density at radius 1 is 1.35 bits per heavy atom. The maximum atomic E-state index is 11.2. The monoisotopic (exact) mass is 299 g/mol. The van der Waals surface area contributed by atoms with E-state index >= 15 is 0 Å². The Bertz CT molecular complexity index is 364. The number of hydrogen-bond donors (Lipinski definition) is 1. The summed E-state index contributed by atoms with van der Waals surface area (Å²) in [5.74, 6) is -0.307. The van der Waals surface area contributed by atoms with E-state index in [1.165, 1.54) is 12.7 Å². The highest BCUT2D eigenvalue weighted by atomic mass is 79.9. The van der Waals surface area contributed by atoms with Gasteiger partial charge in [0, 0.05) is 17.1 Å². The number of hydrogen-bond acceptors (Lipinski definition) is 3. The second-order valence-electron chi connectivity index (χ2n) is 4.11. The third-order valence-corrected chi connectivity index (χ3v) is 3.23. The van der Waals surface area contributed by atoms with Crippen LogP contribution in [0.15, 0.2) is 28.7 Å². The van der Waals surface area contributed by atoms with Gasteiger partial charge in [-0.3, -0.25) is 4.79 Å². The van der Waals surface area contributed by atoms with Crippen LogP contribution in [0, 0.1) is 5.92 Å². The van der Waals surface area contributed by atoms with E-state index in [1.807, 2.05) is 19.1 Å². The third-order valence-electron chi connectivity index (χ3n) is 2.70. The lowest BCUT2D eigenvalue weighted by Gasteiger charge is -2.17. The molecule has 0 amide bonds. The summed E-state index contributed by atoms with van der Waals surface area (Å²) in [6.07, 6.45) is 0. The number of carbonyl (C=O) groups excluding carboxylic acids is 1. The van der Waals surface area contributed by atoms with Crippen molar-refractivity contribution < 1.29 is 9.53 Å². The molecular weight excluding hydrogens is 282 g/mol. The molecule has 0 saturated heterocycles. The molecule has 0 aliphatic rings. The van der Waals surface area contributed by atoms with Gasteiger partial charge >= 0.3 is 5.97 Å². The highest BCUT2D eigenvalue weighted by molar-refractivity contribution is 9.10. The normalized spacial score (nSPS) is 14.1. The van der Waals surface area contributed by atoms with E-state index in [-0.39, 0.29) is 17.9 Å². The quantitative estimate of drug-likeness (QED) is 0.850. The summed E-state index contributed by atoms with van der Waals surface area (Å²) in [6.45, 7) is 4.55. The van der Waals surface area contributed by atoms with Gasteiger partial charge in [0.25, 0.3) is 0 Å². The molecule has 0 saturated carbocycles. The molecule has 0 spiro atoms. The van der Waals surface area contributed by atoms with Crippen molar-refractivity contribution in [2.45, 2.75) is 19.9 Å². The Labute approximate surface area is 111 Å². The van der Waals surface area contributed by atoms with Gasteiger partial charge in [-0.05, 0) is 24.6 Å². The van der Waals surface area contributed by atoms with Crippen molar-refractivity contribution in [3.05, 3.63) is 34.3 Å². The summed E-state index contributed by atoms with van der Waals surface area (Å²) in [5, 5.41) is 3.32. The topological polar surface area (TPSA) is 38.3 Å². The number of ether oxygens (including phenoxy) is 1. The van der Waals surface area contributed by atoms with Gasteiger partial charge in [0.05, 0.1) is 13.0 Å². The minimum Gasteiger partial charge on any atom is -0.469 e. The van der Waals surface area contributed by atoms with E-state index in [1.54, 1.807) is 0 Å². The van der Waals surface area contributed by atoms with E-state index in [0.29, 0.717) is 6.54 Å². The van der Waals surface area contributed by atoms with Gasteiger partial charge in [-0.2, -0.15) is 0 Å². The van der Waals surface area contributed by atoms with Gasteiger partial charge in [-0.15, -0.1) is 0 Å². The van der Waals surface area contributed by atoms with E-state index in [2.05, 4.69) is 45.0 Å². The number of carbonyl (C=O) groups is 1. The first-order valence-electron chi connectivity index (χ1n) is 5.61. The largest absolute Gasteiger partial charge is 0.469 e. The molecule has 1 aromatic carbocycles. The predicted octanol–water partition coefficient (Wildman–Crippen LogP) is 2.91. The molecule has 0 radical (unpaired) electrons. The standard InChI is InChI=1S/C13H18BrNO2/c1-9(13(16)17-3)8-15-10(2)11-4-6-12(14)7-5-11/h4-7,9-10,15H,8H2,1-3H3/t9?,10-/m1/s1. The molecule has 1 N–H and O–H groups in total. The average molecular weight is 300 g/mol. The van der Waals surface area contributed by atoms with Crippen LogP contribution in [-0.4, -0.2) is 19.6 Å². The Hall–Kier alpha value is -0.870. The molecule has 4 heteroatoms. The van der Waals surface area contributed by atoms with Crippen molar-refractivity contribution in [3.8, 4) is 0 Å². The number of methoxy groups -OCH3 is 1. The fraction of sp³-hybridized carbons (Fsp3) is 0.462. The van der Waals surface area contributed by atoms with Crippen molar-refractivity contribution in [1.82, 2.24) is 5.32 Å². The van der Waals surface area contributed by atoms with Gasteiger partial charge in [0.1, 0.15) is 0 Å². The fourth-order valence-corrected chi connectivity index (χ4v) is 1.77. The molecular formula is C13H18BrNO2. The zero-order chi connectivity index (χ0) is 12.8. The molecule has 1 rings (SSSR count). The molecule has 0 aliphatic carbocycles. The van der Waals surface area contributed by atoms with Gasteiger partial charge in [-0.1, -0.05) is 35.0 Å². The van der Waals surface area contributed by atoms with Crippen molar-refractivity contribution in [3.63, 3.8) is 0 Å². The lowest BCUT2D eigenvalue weighted by atomic mass is 10.1. The van der Waals surface area contributed by atoms with Crippen LogP contribution >= 0.6 is 15.9 Å². The lowest BCUT2D eigenvalue weighted by molar-refractivity contribution is -0.144. The Morgan fingerprint density at radius 3 is 2.47 bits per heavy atom. The second kappa shape index (κ2) is 6.77. The molecule has 0 heterocycles. The van der Waals surface area contributed by atoms with Crippen LogP contribution in [0.25, 0.3) is 0 Å². The molecule has 3 nitrogen and oxygen atoms in total. The van der Waals surface area contributed by atoms with Gasteiger partial charge in [0.15, 0.2) is 0 Å². The van der Waals surface area contributed by atoms with Crippen LogP contribution < -0.4 is 5.32 Å². The maximum absolute atomic E-state index is 11.2. The van der Waals surface area contributed by atoms with Gasteiger partial charge < -0.3 is 10.1 Å². The number of rotatable bonds is 5. The lowest BCUT2D eigenvalue weighted by Crippen LogP contribution is -2.29. The van der Waals surface area contributed by atoms with Crippen LogP contribution in [0.4, 0.5) is 0 Å². The van der Waals surface area contributed by atoms with Crippen LogP contribution in [0.1, 0.15) is 25.5 Å². The fourth-order valence-electron chi connectivity index (χ4n) is 1.51. The SMILES string of the molecule is COC(=O)C(C)CN[C@H](C)c1ccc(Br)cc1. The van der Waals surface area contributed by atoms with E-state index in [0.717, 1.165) is 4.47 Å². The molecule has 17 heavy (non-hydrogen) atoms. The van der Waals surface area contributed by atoms with Crippen molar-refractivity contribution in [2.75, 3.05) is 13.7 Å². The molecule has 2 atom stereocenters. The Morgan fingerprint density at radius 2 is 1.94 bits per heavy atom. The zero-order valence-corrected chi connectivity index (χ0v) is 12.0. The average Bonchev–Trinajstić information content (AvgIpc) is 2.35. The summed E-state index contributed by atoms with van der Waals surface area (Å²) in [6, 6.07) is 8.36. The van der Waals surface area contributed by atoms with Crippen LogP contribution in [0.2, 0.25) is 0 Å². The van der Waals surface area contributed by atoms with Crippen LogP contribution in [0.3, 0.4) is 0 Å². The number of benzene rings is 1. The highest BCUT2D eigenvalue weighted by Gasteiger charge is 2.14. The van der Waals surface area contributed by atoms with Crippen molar-refractivity contribution in [1.29, 1.82) is 0 Å². The Balaban J connectivity index is 2.47. The van der Waals surface area contributed by atoms with Gasteiger partial charge in [0.2, 0.25) is 0 Å². The Kier molecular flexibility index (Phi) is 5.65. The first kappa shape index (κ1) is 14.2. The van der Waals surface area contributed by atoms with E-state index < -0.39 is 0 Å². The summed E-state index contributed by atoms with van der Waals surface area (Å²) in [7, 11) is 1.41. The minimum atomic E-state index is -0.180. The minimum absolute atomic E-state index is 0.127. The van der Waals surface area contributed by atoms with Crippen molar-refractivity contribution >= 4 is 21.9 Å². The molecule has 0 aromatic heterocycles. The zero-order valence-electron chi connectivity index (χ0n) is 10.4. The number of nitrogens with one attached hydrogen (secondary N) is 1. The molecule has 1 aromatic rings. The van der Waals surface area contributed by atoms with Crippen LogP contribution in [0.5, 0.6) is 0 Å². The first-order chi connectivity index (χ1) is 8.04. The number of esters is 1. The molecule has 0 aliphatic heterocycles. The van der Waals surface area contributed by atoms with E-state index in [9.17, 15) is 4.79 Å². The molecule has 1 unspecified atom stereocenters. The summed E-state index contributed by atoms with van der Waals surface area (Å²) >= 11 is 3.40. The van der Waals surface area contributed by atoms with Crippen LogP contribution in [-0.2, 0) is 9.53 Å². The summed E-state index contributed by atoms with van der Waals surface area (Å²) < 4.78 is 5.75. The summed E-state index contributed by atoms with van der Waals surface area (Å²) in [5.41, 5.74) is 1.20. The first-order valence-corrected chi connectivity index (χ1v) is 6.40. The molecule has 94 valence electrons. The maximum Gasteiger partial charge on any atom is 0.309 e. The van der Waals surface area contributed by atoms with Crippen molar-refractivity contribution in [2.24, 2.45) is 5.92 Å². The molecule has 0 fully saturated rings. The third kappa shape index (κ3) is 4.48. The smallest absolute Gasteiger partial charge is 0.309 e.